The van der Waals surface area contributed by atoms with Gasteiger partial charge in [0.1, 0.15) is 5.75 Å². The summed E-state index contributed by atoms with van der Waals surface area (Å²) < 4.78 is 29.5. The van der Waals surface area contributed by atoms with Crippen molar-refractivity contribution in [2.24, 2.45) is 5.92 Å². The van der Waals surface area contributed by atoms with E-state index in [1.165, 1.54) is 24.5 Å². The Labute approximate surface area is 128 Å². The third kappa shape index (κ3) is 1.95. The Morgan fingerprint density at radius 3 is 2.76 bits per heavy atom. The van der Waals surface area contributed by atoms with Gasteiger partial charge in [0.25, 0.3) is 0 Å². The smallest absolute Gasteiger partial charge is 0.247 e. The van der Waals surface area contributed by atoms with Gasteiger partial charge in [0.05, 0.1) is 12.1 Å². The zero-order valence-corrected chi connectivity index (χ0v) is 13.2. The number of carbonyl (C=O) groups excluding carboxylic acids is 1. The van der Waals surface area contributed by atoms with Crippen LogP contribution in [0.3, 0.4) is 0 Å². The molecule has 1 amide bonds. The van der Waals surface area contributed by atoms with Crippen molar-refractivity contribution in [2.75, 3.05) is 26.0 Å². The molecule has 114 valence electrons. The van der Waals surface area contributed by atoms with Gasteiger partial charge < -0.3 is 10.1 Å². The number of amides is 1. The summed E-state index contributed by atoms with van der Waals surface area (Å²) in [4.78, 5) is 12.4. The Bertz CT molecular complexity index is 721. The lowest BCUT2D eigenvalue weighted by atomic mass is 10.2. The molecule has 3 rings (SSSR count). The maximum Gasteiger partial charge on any atom is 0.247 e. The van der Waals surface area contributed by atoms with Gasteiger partial charge in [-0.3, -0.25) is 4.79 Å². The van der Waals surface area contributed by atoms with Crippen molar-refractivity contribution in [3.8, 4) is 5.75 Å². The van der Waals surface area contributed by atoms with Crippen LogP contribution in [0.1, 0.15) is 6.42 Å². The molecule has 1 saturated carbocycles. The summed E-state index contributed by atoms with van der Waals surface area (Å²) in [6, 6.07) is 4.79. The summed E-state index contributed by atoms with van der Waals surface area (Å²) in [7, 11) is -0.575. The van der Waals surface area contributed by atoms with Gasteiger partial charge in [0, 0.05) is 25.2 Å². The van der Waals surface area contributed by atoms with Crippen molar-refractivity contribution in [3.63, 3.8) is 0 Å². The lowest BCUT2D eigenvalue weighted by Crippen LogP contribution is -2.40. The molecule has 2 atom stereocenters. The van der Waals surface area contributed by atoms with Gasteiger partial charge in [-0.15, -0.1) is 0 Å². The van der Waals surface area contributed by atoms with E-state index in [9.17, 15) is 13.2 Å². The number of ether oxygens (including phenoxy) is 1. The molecule has 0 spiro atoms. The lowest BCUT2D eigenvalue weighted by Gasteiger charge is -2.17. The number of rotatable bonds is 3. The summed E-state index contributed by atoms with van der Waals surface area (Å²) in [6.45, 7) is 0.402. The van der Waals surface area contributed by atoms with Crippen LogP contribution in [0.25, 0.3) is 0 Å². The quantitative estimate of drug-likeness (QED) is 0.907. The highest BCUT2D eigenvalue weighted by Crippen LogP contribution is 2.57. The molecule has 1 aliphatic carbocycles. The monoisotopic (exact) mass is 330 g/mol. The van der Waals surface area contributed by atoms with Crippen molar-refractivity contribution in [3.05, 3.63) is 23.2 Å². The number of benzene rings is 1. The van der Waals surface area contributed by atoms with Gasteiger partial charge in [-0.1, -0.05) is 11.6 Å². The zero-order valence-electron chi connectivity index (χ0n) is 11.6. The molecule has 21 heavy (non-hydrogen) atoms. The Balaban J connectivity index is 1.84. The van der Waals surface area contributed by atoms with Gasteiger partial charge in [0.15, 0.2) is 4.75 Å². The molecule has 1 N–H and O–H groups in total. The molecule has 0 unspecified atom stereocenters. The number of hydrogen-bond acceptors (Lipinski definition) is 4. The van der Waals surface area contributed by atoms with E-state index in [0.29, 0.717) is 29.4 Å². The van der Waals surface area contributed by atoms with Crippen molar-refractivity contribution in [1.82, 2.24) is 4.31 Å². The minimum atomic E-state index is -3.57. The first kappa shape index (κ1) is 14.6. The average molecular weight is 331 g/mol. The molecule has 2 fully saturated rings. The first-order valence-corrected chi connectivity index (χ1v) is 8.25. The van der Waals surface area contributed by atoms with Crippen LogP contribution < -0.4 is 10.1 Å². The second-order valence-corrected chi connectivity index (χ2v) is 8.09. The predicted octanol–water partition coefficient (Wildman–Crippen LogP) is 1.32. The number of methoxy groups -OCH3 is 1. The third-order valence-corrected chi connectivity index (χ3v) is 7.06. The first-order valence-electron chi connectivity index (χ1n) is 6.44. The second kappa shape index (κ2) is 4.59. The van der Waals surface area contributed by atoms with Gasteiger partial charge in [-0.25, -0.2) is 12.7 Å². The Morgan fingerprint density at radius 2 is 2.24 bits per heavy atom. The molecule has 1 aliphatic heterocycles. The van der Waals surface area contributed by atoms with Crippen LogP contribution in [-0.4, -0.2) is 44.1 Å². The number of hydrogen-bond donors (Lipinski definition) is 1. The predicted molar refractivity (Wildman–Crippen MR) is 79.0 cm³/mol. The van der Waals surface area contributed by atoms with E-state index in [1.54, 1.807) is 12.1 Å². The van der Waals surface area contributed by atoms with E-state index in [-0.39, 0.29) is 5.92 Å². The molecule has 6 nitrogen and oxygen atoms in total. The molecule has 0 aromatic heterocycles. The topological polar surface area (TPSA) is 75.7 Å². The van der Waals surface area contributed by atoms with Crippen LogP contribution >= 0.6 is 11.6 Å². The van der Waals surface area contributed by atoms with Gasteiger partial charge in [-0.05, 0) is 24.6 Å². The number of halogens is 1. The highest BCUT2D eigenvalue weighted by molar-refractivity contribution is 7.92. The summed E-state index contributed by atoms with van der Waals surface area (Å²) >= 11 is 5.99. The van der Waals surface area contributed by atoms with E-state index in [1.807, 2.05) is 0 Å². The molecule has 1 aromatic rings. The Hall–Kier alpha value is -1.31. The summed E-state index contributed by atoms with van der Waals surface area (Å²) in [5, 5.41) is 3.00. The fourth-order valence-corrected chi connectivity index (χ4v) is 5.28. The van der Waals surface area contributed by atoms with Gasteiger partial charge in [-0.2, -0.15) is 0 Å². The molecule has 0 radical (unpaired) electrons. The molecular formula is C13H15ClN2O4S. The molecule has 1 saturated heterocycles. The molecule has 8 heteroatoms. The fraction of sp³-hybridized carbons (Fsp3) is 0.462. The maximum atomic E-state index is 12.4. The van der Waals surface area contributed by atoms with Crippen molar-refractivity contribution in [1.29, 1.82) is 0 Å². The van der Waals surface area contributed by atoms with Crippen molar-refractivity contribution >= 4 is 33.2 Å². The molecule has 2 aliphatic rings. The molecule has 1 heterocycles. The van der Waals surface area contributed by atoms with Crippen LogP contribution in [0.5, 0.6) is 5.75 Å². The molecule has 1 aromatic carbocycles. The largest absolute Gasteiger partial charge is 0.495 e. The Morgan fingerprint density at radius 1 is 1.52 bits per heavy atom. The second-order valence-electron chi connectivity index (χ2n) is 5.38. The van der Waals surface area contributed by atoms with Crippen LogP contribution in [0.4, 0.5) is 5.69 Å². The highest BCUT2D eigenvalue weighted by Gasteiger charge is 2.74. The number of nitrogens with one attached hydrogen (secondary N) is 1. The van der Waals surface area contributed by atoms with Crippen molar-refractivity contribution < 1.29 is 17.9 Å². The number of nitrogens with zero attached hydrogens (tertiary/aromatic N) is 1. The fourth-order valence-electron chi connectivity index (χ4n) is 2.90. The average Bonchev–Trinajstić information content (AvgIpc) is 3.10. The maximum absolute atomic E-state index is 12.4. The first-order chi connectivity index (χ1) is 9.82. The molecular weight excluding hydrogens is 316 g/mol. The van der Waals surface area contributed by atoms with Crippen molar-refractivity contribution in [2.45, 2.75) is 11.2 Å². The van der Waals surface area contributed by atoms with E-state index < -0.39 is 20.7 Å². The van der Waals surface area contributed by atoms with Gasteiger partial charge in [0.2, 0.25) is 15.9 Å². The number of carbonyl (C=O) groups is 1. The van der Waals surface area contributed by atoms with Crippen LogP contribution in [-0.2, 0) is 14.8 Å². The number of anilines is 1. The number of fused-ring (bicyclic) bond motifs is 1. The summed E-state index contributed by atoms with van der Waals surface area (Å²) in [5.74, 6) is -0.121. The normalized spacial score (nSPS) is 29.8. The summed E-state index contributed by atoms with van der Waals surface area (Å²) in [6.07, 6.45) is 0.384. The van der Waals surface area contributed by atoms with Crippen LogP contribution in [0.15, 0.2) is 18.2 Å². The Kier molecular flexibility index (Phi) is 3.20. The minimum Gasteiger partial charge on any atom is -0.495 e. The third-order valence-electron chi connectivity index (χ3n) is 4.19. The van der Waals surface area contributed by atoms with E-state index in [4.69, 9.17) is 16.3 Å². The number of sulfonamides is 1. The zero-order chi connectivity index (χ0) is 15.4. The van der Waals surface area contributed by atoms with Crippen LogP contribution in [0.2, 0.25) is 5.02 Å². The van der Waals surface area contributed by atoms with E-state index in [2.05, 4.69) is 5.32 Å². The lowest BCUT2D eigenvalue weighted by molar-refractivity contribution is -0.116. The molecule has 0 bridgehead atoms. The SMILES string of the molecule is COc1ccc(NC(=O)[C@]23C[C@@H]2CN(C)S3(=O)=O)cc1Cl. The van der Waals surface area contributed by atoms with E-state index in [0.717, 1.165) is 0 Å². The summed E-state index contributed by atoms with van der Waals surface area (Å²) in [5.41, 5.74) is 0.454. The van der Waals surface area contributed by atoms with Crippen LogP contribution in [0, 0.1) is 5.92 Å². The standard InChI is InChI=1S/C13H15ClN2O4S/c1-16-7-8-6-13(8,21(16,18)19)12(17)15-9-3-4-11(20-2)10(14)5-9/h3-5,8H,6-7H2,1-2H3,(H,15,17)/t8-,13+/m1/s1. The minimum absolute atomic E-state index is 0.124. The van der Waals surface area contributed by atoms with Gasteiger partial charge >= 0.3 is 0 Å². The highest BCUT2D eigenvalue weighted by atomic mass is 35.5. The van der Waals surface area contributed by atoms with E-state index >= 15 is 0 Å².